The summed E-state index contributed by atoms with van der Waals surface area (Å²) in [6.07, 6.45) is 1.72. The lowest BCUT2D eigenvalue weighted by molar-refractivity contribution is 0.170. The van der Waals surface area contributed by atoms with Crippen molar-refractivity contribution in [3.8, 4) is 5.75 Å². The van der Waals surface area contributed by atoms with E-state index in [0.29, 0.717) is 19.7 Å². The van der Waals surface area contributed by atoms with Gasteiger partial charge in [0.15, 0.2) is 0 Å². The van der Waals surface area contributed by atoms with Crippen molar-refractivity contribution in [2.75, 3.05) is 19.8 Å². The smallest absolute Gasteiger partial charge is 0.318 e. The summed E-state index contributed by atoms with van der Waals surface area (Å²) < 4.78 is 5.76. The average molecular weight is 340 g/mol. The van der Waals surface area contributed by atoms with E-state index in [1.807, 2.05) is 54.6 Å². The maximum absolute atomic E-state index is 12.8. The minimum absolute atomic E-state index is 0.0649. The minimum Gasteiger partial charge on any atom is -0.493 e. The van der Waals surface area contributed by atoms with Crippen molar-refractivity contribution in [3.63, 3.8) is 0 Å². The van der Waals surface area contributed by atoms with Gasteiger partial charge in [0.25, 0.3) is 0 Å². The lowest BCUT2D eigenvalue weighted by Crippen LogP contribution is -2.42. The quantitative estimate of drug-likeness (QED) is 0.879. The highest BCUT2D eigenvalue weighted by molar-refractivity contribution is 5.75. The molecule has 0 aromatic heterocycles. The molecule has 0 aliphatic carbocycles. The number of hydrogen-bond donors (Lipinski definition) is 2. The molecule has 1 aliphatic heterocycles. The molecule has 3 rings (SSSR count). The molecule has 1 unspecified atom stereocenters. The van der Waals surface area contributed by atoms with Crippen LogP contribution in [0.2, 0.25) is 0 Å². The van der Waals surface area contributed by atoms with Crippen LogP contribution in [0.15, 0.2) is 54.6 Å². The van der Waals surface area contributed by atoms with Gasteiger partial charge in [0.2, 0.25) is 0 Å². The normalized spacial score (nSPS) is 16.3. The second-order valence-electron chi connectivity index (χ2n) is 6.16. The number of nitrogens with zero attached hydrogens (tertiary/aromatic N) is 1. The molecule has 5 heteroatoms. The number of carbonyl (C=O) groups is 1. The first kappa shape index (κ1) is 17.3. The predicted molar refractivity (Wildman–Crippen MR) is 96.4 cm³/mol. The van der Waals surface area contributed by atoms with E-state index in [2.05, 4.69) is 5.32 Å². The first-order valence-electron chi connectivity index (χ1n) is 8.70. The SMILES string of the molecule is O=C(NC1CCCOc2ccccc21)N(CCO)Cc1ccccc1. The van der Waals surface area contributed by atoms with Crippen molar-refractivity contribution in [3.05, 3.63) is 65.7 Å². The van der Waals surface area contributed by atoms with Gasteiger partial charge in [0.05, 0.1) is 19.3 Å². The van der Waals surface area contributed by atoms with Crippen LogP contribution in [0.5, 0.6) is 5.75 Å². The maximum Gasteiger partial charge on any atom is 0.318 e. The van der Waals surface area contributed by atoms with Crippen LogP contribution in [-0.2, 0) is 6.54 Å². The van der Waals surface area contributed by atoms with E-state index in [1.54, 1.807) is 4.90 Å². The lowest BCUT2D eigenvalue weighted by Gasteiger charge is -2.26. The van der Waals surface area contributed by atoms with Gasteiger partial charge in [-0.05, 0) is 24.5 Å². The van der Waals surface area contributed by atoms with Crippen LogP contribution in [0.1, 0.15) is 30.0 Å². The molecule has 132 valence electrons. The summed E-state index contributed by atoms with van der Waals surface area (Å²) in [5.41, 5.74) is 2.05. The summed E-state index contributed by atoms with van der Waals surface area (Å²) in [4.78, 5) is 14.4. The van der Waals surface area contributed by atoms with Crippen LogP contribution in [0, 0.1) is 0 Å². The van der Waals surface area contributed by atoms with Gasteiger partial charge >= 0.3 is 6.03 Å². The largest absolute Gasteiger partial charge is 0.493 e. The summed E-state index contributed by atoms with van der Waals surface area (Å²) in [6.45, 7) is 1.36. The summed E-state index contributed by atoms with van der Waals surface area (Å²) in [6, 6.07) is 17.4. The van der Waals surface area contributed by atoms with Crippen LogP contribution >= 0.6 is 0 Å². The first-order valence-corrected chi connectivity index (χ1v) is 8.70. The van der Waals surface area contributed by atoms with Gasteiger partial charge in [-0.25, -0.2) is 4.79 Å². The standard InChI is InChI=1S/C20H24N2O3/c23-13-12-22(15-16-7-2-1-3-8-16)20(24)21-18-10-6-14-25-19-11-5-4-9-17(18)19/h1-5,7-9,11,18,23H,6,10,12-15H2,(H,21,24). The van der Waals surface area contributed by atoms with Crippen molar-refractivity contribution in [2.45, 2.75) is 25.4 Å². The van der Waals surface area contributed by atoms with Crippen LogP contribution in [0.4, 0.5) is 4.79 Å². The fourth-order valence-electron chi connectivity index (χ4n) is 3.09. The van der Waals surface area contributed by atoms with Gasteiger partial charge in [-0.2, -0.15) is 0 Å². The Balaban J connectivity index is 1.72. The number of ether oxygens (including phenoxy) is 1. The van der Waals surface area contributed by atoms with Crippen LogP contribution in [0.25, 0.3) is 0 Å². The molecule has 5 nitrogen and oxygen atoms in total. The zero-order chi connectivity index (χ0) is 17.5. The van der Waals surface area contributed by atoms with E-state index in [1.165, 1.54) is 0 Å². The van der Waals surface area contributed by atoms with Crippen molar-refractivity contribution in [1.82, 2.24) is 10.2 Å². The maximum atomic E-state index is 12.8. The molecule has 0 saturated carbocycles. The van der Waals surface area contributed by atoms with E-state index in [9.17, 15) is 9.90 Å². The van der Waals surface area contributed by atoms with E-state index in [-0.39, 0.29) is 18.7 Å². The Morgan fingerprint density at radius 2 is 1.92 bits per heavy atom. The third-order valence-electron chi connectivity index (χ3n) is 4.36. The second-order valence-corrected chi connectivity index (χ2v) is 6.16. The Labute approximate surface area is 148 Å². The van der Waals surface area contributed by atoms with E-state index in [4.69, 9.17) is 4.74 Å². The Bertz CT molecular complexity index is 690. The molecule has 1 heterocycles. The number of hydrogen-bond acceptors (Lipinski definition) is 3. The number of para-hydroxylation sites is 1. The molecule has 1 aliphatic rings. The van der Waals surface area contributed by atoms with Crippen LogP contribution in [-0.4, -0.2) is 35.8 Å². The molecule has 25 heavy (non-hydrogen) atoms. The minimum atomic E-state index is -0.167. The number of amides is 2. The van der Waals surface area contributed by atoms with Crippen molar-refractivity contribution in [1.29, 1.82) is 0 Å². The molecule has 1 atom stereocenters. The van der Waals surface area contributed by atoms with Gasteiger partial charge in [0, 0.05) is 18.7 Å². The summed E-state index contributed by atoms with van der Waals surface area (Å²) in [5, 5.41) is 12.4. The molecule has 0 bridgehead atoms. The Morgan fingerprint density at radius 1 is 1.16 bits per heavy atom. The zero-order valence-electron chi connectivity index (χ0n) is 14.2. The van der Waals surface area contributed by atoms with Crippen LogP contribution in [0.3, 0.4) is 0 Å². The average Bonchev–Trinajstić information content (AvgIpc) is 2.85. The lowest BCUT2D eigenvalue weighted by atomic mass is 10.0. The number of nitrogens with one attached hydrogen (secondary N) is 1. The van der Waals surface area contributed by atoms with Gasteiger partial charge in [-0.3, -0.25) is 0 Å². The molecule has 2 aromatic carbocycles. The molecule has 0 spiro atoms. The van der Waals surface area contributed by atoms with Crippen molar-refractivity contribution < 1.29 is 14.6 Å². The highest BCUT2D eigenvalue weighted by atomic mass is 16.5. The van der Waals surface area contributed by atoms with E-state index >= 15 is 0 Å². The summed E-state index contributed by atoms with van der Waals surface area (Å²) in [5.74, 6) is 0.835. The summed E-state index contributed by atoms with van der Waals surface area (Å²) >= 11 is 0. The Morgan fingerprint density at radius 3 is 2.72 bits per heavy atom. The zero-order valence-corrected chi connectivity index (χ0v) is 14.2. The molecule has 2 aromatic rings. The van der Waals surface area contributed by atoms with Gasteiger partial charge in [0.1, 0.15) is 5.75 Å². The van der Waals surface area contributed by atoms with E-state index in [0.717, 1.165) is 29.7 Å². The predicted octanol–water partition coefficient (Wildman–Crippen LogP) is 3.10. The molecular weight excluding hydrogens is 316 g/mol. The summed E-state index contributed by atoms with van der Waals surface area (Å²) in [7, 11) is 0. The van der Waals surface area contributed by atoms with Crippen LogP contribution < -0.4 is 10.1 Å². The van der Waals surface area contributed by atoms with E-state index < -0.39 is 0 Å². The third-order valence-corrected chi connectivity index (χ3v) is 4.36. The molecule has 0 saturated heterocycles. The molecular formula is C20H24N2O3. The first-order chi connectivity index (χ1) is 12.3. The van der Waals surface area contributed by atoms with Crippen molar-refractivity contribution in [2.24, 2.45) is 0 Å². The number of aliphatic hydroxyl groups is 1. The topological polar surface area (TPSA) is 61.8 Å². The highest BCUT2D eigenvalue weighted by Crippen LogP contribution is 2.31. The Hall–Kier alpha value is -2.53. The molecule has 2 N–H and O–H groups in total. The number of carbonyl (C=O) groups excluding carboxylic acids is 1. The fourth-order valence-corrected chi connectivity index (χ4v) is 3.09. The monoisotopic (exact) mass is 340 g/mol. The number of aliphatic hydroxyl groups excluding tert-OH is 1. The molecule has 2 amide bonds. The highest BCUT2D eigenvalue weighted by Gasteiger charge is 2.23. The van der Waals surface area contributed by atoms with Gasteiger partial charge < -0.3 is 20.1 Å². The third kappa shape index (κ3) is 4.51. The number of urea groups is 1. The molecule has 0 radical (unpaired) electrons. The van der Waals surface area contributed by atoms with Gasteiger partial charge in [-0.15, -0.1) is 0 Å². The van der Waals surface area contributed by atoms with Gasteiger partial charge in [-0.1, -0.05) is 48.5 Å². The number of benzene rings is 2. The molecule has 0 fully saturated rings. The van der Waals surface area contributed by atoms with Crippen molar-refractivity contribution >= 4 is 6.03 Å². The second kappa shape index (κ2) is 8.53. The fraction of sp³-hybridized carbons (Fsp3) is 0.350. The number of fused-ring (bicyclic) bond motifs is 1. The Kier molecular flexibility index (Phi) is 5.90. The number of rotatable bonds is 5.